The molecule has 3 amide bonds. The van der Waals surface area contributed by atoms with Crippen LogP contribution in [0.2, 0.25) is 0 Å². The van der Waals surface area contributed by atoms with Crippen LogP contribution in [0.25, 0.3) is 0 Å². The van der Waals surface area contributed by atoms with Gasteiger partial charge in [0.1, 0.15) is 6.61 Å². The molecule has 1 saturated heterocycles. The van der Waals surface area contributed by atoms with Crippen LogP contribution in [-0.2, 0) is 18.4 Å². The van der Waals surface area contributed by atoms with E-state index in [1.807, 2.05) is 31.2 Å². The Morgan fingerprint density at radius 1 is 1.00 bits per heavy atom. The lowest BCUT2D eigenvalue weighted by Crippen LogP contribution is -2.65. The van der Waals surface area contributed by atoms with Crippen LogP contribution in [0.4, 0.5) is 10.5 Å². The second-order valence-electron chi connectivity index (χ2n) is 13.3. The van der Waals surface area contributed by atoms with Crippen molar-refractivity contribution in [1.29, 1.82) is 0 Å². The average Bonchev–Trinajstić information content (AvgIpc) is 3.00. The number of rotatable bonds is 8. The third-order valence-corrected chi connectivity index (χ3v) is 8.66. The number of anilines is 1. The number of para-hydroxylation sites is 1. The largest absolute Gasteiger partial charge is 0.485 e. The van der Waals surface area contributed by atoms with Crippen molar-refractivity contribution in [2.75, 3.05) is 11.4 Å². The monoisotopic (exact) mass is 603 g/mol. The summed E-state index contributed by atoms with van der Waals surface area (Å²) in [5.74, 6) is 1.06. The first kappa shape index (κ1) is 30.3. The number of ether oxygens (including phenoxy) is 2. The zero-order chi connectivity index (χ0) is 31.8. The van der Waals surface area contributed by atoms with Gasteiger partial charge >= 0.3 is 6.03 Å². The highest BCUT2D eigenvalue weighted by molar-refractivity contribution is 5.99. The van der Waals surface area contributed by atoms with Crippen LogP contribution in [0.1, 0.15) is 78.3 Å². The summed E-state index contributed by atoms with van der Waals surface area (Å²) in [6.07, 6.45) is 1.27. The number of hydrogen-bond donors (Lipinski definition) is 2. The molecule has 0 radical (unpaired) electrons. The Kier molecular flexibility index (Phi) is 8.04. The van der Waals surface area contributed by atoms with Crippen molar-refractivity contribution in [3.63, 3.8) is 0 Å². The lowest BCUT2D eigenvalue weighted by molar-refractivity contribution is 0.0338. The van der Waals surface area contributed by atoms with E-state index in [2.05, 4.69) is 86.9 Å². The summed E-state index contributed by atoms with van der Waals surface area (Å²) in [5.41, 5.74) is 5.75. The number of amides is 3. The number of urea groups is 1. The first-order valence-corrected chi connectivity index (χ1v) is 15.6. The van der Waals surface area contributed by atoms with E-state index in [1.165, 1.54) is 16.7 Å². The summed E-state index contributed by atoms with van der Waals surface area (Å²) in [4.78, 5) is 28.2. The molecule has 2 aliphatic heterocycles. The summed E-state index contributed by atoms with van der Waals surface area (Å²) in [6.45, 7) is 11.5. The molecule has 0 saturated carbocycles. The van der Waals surface area contributed by atoms with Crippen LogP contribution in [0, 0.1) is 6.92 Å². The molecule has 4 aromatic carbocycles. The maximum Gasteiger partial charge on any atom is 0.325 e. The molecule has 45 heavy (non-hydrogen) atoms. The molecule has 2 bridgehead atoms. The van der Waals surface area contributed by atoms with E-state index in [1.54, 1.807) is 23.1 Å². The molecule has 232 valence electrons. The fraction of sp³-hybridized carbons (Fsp3) is 0.316. The van der Waals surface area contributed by atoms with Gasteiger partial charge in [0.2, 0.25) is 0 Å². The van der Waals surface area contributed by atoms with E-state index in [4.69, 9.17) is 9.47 Å². The van der Waals surface area contributed by atoms with Gasteiger partial charge in [-0.3, -0.25) is 9.69 Å². The Morgan fingerprint density at radius 2 is 1.71 bits per heavy atom. The molecule has 7 nitrogen and oxygen atoms in total. The summed E-state index contributed by atoms with van der Waals surface area (Å²) >= 11 is 0. The summed E-state index contributed by atoms with van der Waals surface area (Å²) in [7, 11) is 0. The molecular formula is C38H41N3O4. The van der Waals surface area contributed by atoms with Gasteiger partial charge in [-0.2, -0.15) is 0 Å². The summed E-state index contributed by atoms with van der Waals surface area (Å²) < 4.78 is 13.0. The predicted molar refractivity (Wildman–Crippen MR) is 177 cm³/mol. The van der Waals surface area contributed by atoms with Gasteiger partial charge in [0, 0.05) is 24.1 Å². The third-order valence-electron chi connectivity index (χ3n) is 8.66. The smallest absolute Gasteiger partial charge is 0.325 e. The van der Waals surface area contributed by atoms with E-state index in [0.29, 0.717) is 42.3 Å². The highest BCUT2D eigenvalue weighted by atomic mass is 16.5. The normalized spacial score (nSPS) is 18.8. The minimum atomic E-state index is -0.992. The number of nitrogens with one attached hydrogen (secondary N) is 2. The minimum Gasteiger partial charge on any atom is -0.485 e. The van der Waals surface area contributed by atoms with Crippen LogP contribution >= 0.6 is 0 Å². The fourth-order valence-electron chi connectivity index (χ4n) is 6.09. The van der Waals surface area contributed by atoms with Gasteiger partial charge in [0.25, 0.3) is 5.91 Å². The number of carbonyl (C=O) groups excluding carboxylic acids is 2. The number of nitrogens with zero attached hydrogens (tertiary/aromatic N) is 1. The summed E-state index contributed by atoms with van der Waals surface area (Å²) in [5, 5.41) is 6.16. The quantitative estimate of drug-likeness (QED) is 0.217. The van der Waals surface area contributed by atoms with Crippen LogP contribution in [0.5, 0.6) is 11.5 Å². The van der Waals surface area contributed by atoms with Gasteiger partial charge < -0.3 is 20.1 Å². The molecule has 2 unspecified atom stereocenters. The van der Waals surface area contributed by atoms with Crippen LogP contribution in [-0.4, -0.2) is 24.2 Å². The number of carbonyl (C=O) groups is 2. The number of fused-ring (bicyclic) bond motifs is 4. The van der Waals surface area contributed by atoms with Gasteiger partial charge in [0.05, 0.1) is 11.7 Å². The number of benzene rings is 4. The van der Waals surface area contributed by atoms with Gasteiger partial charge in [-0.1, -0.05) is 93.1 Å². The van der Waals surface area contributed by atoms with E-state index in [0.717, 1.165) is 17.5 Å². The van der Waals surface area contributed by atoms with Crippen molar-refractivity contribution in [3.8, 4) is 11.5 Å². The maximum atomic E-state index is 13.6. The minimum absolute atomic E-state index is 0.0836. The van der Waals surface area contributed by atoms with Crippen LogP contribution in [0.3, 0.4) is 0 Å². The summed E-state index contributed by atoms with van der Waals surface area (Å²) in [6, 6.07) is 29.2. The topological polar surface area (TPSA) is 79.9 Å². The Hall–Kier alpha value is -4.78. The lowest BCUT2D eigenvalue weighted by Gasteiger charge is -2.50. The second kappa shape index (κ2) is 12.0. The number of hydrogen-bond acceptors (Lipinski definition) is 4. The molecule has 0 aromatic heterocycles. The molecular weight excluding hydrogens is 562 g/mol. The SMILES string of the molecule is Cc1ccc(CCNC(=O)c2cccc(N3C(=O)NC4CC3(C)Oc3c(OCc5ccc(C(C)(C)C)cc5)cccc34)c2)cc1. The Balaban J connectivity index is 1.18. The molecule has 2 aliphatic rings. The van der Waals surface area contributed by atoms with Gasteiger partial charge in [0.15, 0.2) is 17.2 Å². The average molecular weight is 604 g/mol. The van der Waals surface area contributed by atoms with Crippen LogP contribution in [0.15, 0.2) is 91.0 Å². The zero-order valence-corrected chi connectivity index (χ0v) is 26.6. The molecule has 2 N–H and O–H groups in total. The van der Waals surface area contributed by atoms with E-state index in [-0.39, 0.29) is 23.4 Å². The van der Waals surface area contributed by atoms with Gasteiger partial charge in [-0.05, 0) is 66.6 Å². The lowest BCUT2D eigenvalue weighted by atomic mass is 9.87. The van der Waals surface area contributed by atoms with Crippen molar-refractivity contribution in [3.05, 3.63) is 124 Å². The predicted octanol–water partition coefficient (Wildman–Crippen LogP) is 7.61. The van der Waals surface area contributed by atoms with Crippen molar-refractivity contribution in [2.45, 2.75) is 71.2 Å². The highest BCUT2D eigenvalue weighted by Crippen LogP contribution is 2.49. The molecule has 0 spiro atoms. The maximum absolute atomic E-state index is 13.6. The first-order chi connectivity index (χ1) is 21.5. The Morgan fingerprint density at radius 3 is 2.44 bits per heavy atom. The van der Waals surface area contributed by atoms with E-state index in [9.17, 15) is 9.59 Å². The molecule has 2 atom stereocenters. The van der Waals surface area contributed by atoms with Crippen molar-refractivity contribution >= 4 is 17.6 Å². The number of aryl methyl sites for hydroxylation is 1. The second-order valence-corrected chi connectivity index (χ2v) is 13.3. The molecule has 0 aliphatic carbocycles. The Labute approximate surface area is 265 Å². The van der Waals surface area contributed by atoms with E-state index >= 15 is 0 Å². The molecule has 6 rings (SSSR count). The molecule has 1 fully saturated rings. The third kappa shape index (κ3) is 6.39. The Bertz CT molecular complexity index is 1710. The zero-order valence-electron chi connectivity index (χ0n) is 26.6. The highest BCUT2D eigenvalue weighted by Gasteiger charge is 2.50. The molecule has 2 heterocycles. The van der Waals surface area contributed by atoms with Crippen LogP contribution < -0.4 is 25.0 Å². The van der Waals surface area contributed by atoms with Gasteiger partial charge in [-0.15, -0.1) is 0 Å². The van der Waals surface area contributed by atoms with Gasteiger partial charge in [-0.25, -0.2) is 4.79 Å². The van der Waals surface area contributed by atoms with Crippen molar-refractivity contribution < 1.29 is 19.1 Å². The van der Waals surface area contributed by atoms with Crippen molar-refractivity contribution in [1.82, 2.24) is 10.6 Å². The fourth-order valence-corrected chi connectivity index (χ4v) is 6.09. The first-order valence-electron chi connectivity index (χ1n) is 15.6. The van der Waals surface area contributed by atoms with E-state index < -0.39 is 5.72 Å². The van der Waals surface area contributed by atoms with Crippen molar-refractivity contribution in [2.24, 2.45) is 0 Å². The molecule has 4 aromatic rings. The standard InChI is InChI=1S/C38H41N3O4/c1-25-12-14-26(15-13-25)20-21-39-35(42)28-8-6-9-30(22-28)41-36(43)40-32-23-38(41,5)45-34-31(32)10-7-11-33(34)44-24-27-16-18-29(19-17-27)37(2,3)4/h6-19,22,32H,20-21,23-24H2,1-5H3,(H,39,42)(H,40,43). The molecule has 7 heteroatoms.